The summed E-state index contributed by atoms with van der Waals surface area (Å²) in [6, 6.07) is 12.2. The van der Waals surface area contributed by atoms with E-state index in [-0.39, 0.29) is 17.8 Å². The lowest BCUT2D eigenvalue weighted by Gasteiger charge is -2.21. The number of anilines is 1. The second-order valence-electron chi connectivity index (χ2n) is 8.55. The van der Waals surface area contributed by atoms with E-state index in [9.17, 15) is 9.50 Å². The Morgan fingerprint density at radius 2 is 1.88 bits per heavy atom. The van der Waals surface area contributed by atoms with Crippen LogP contribution in [0.25, 0.3) is 28.3 Å². The summed E-state index contributed by atoms with van der Waals surface area (Å²) >= 11 is 0. The van der Waals surface area contributed by atoms with Crippen molar-refractivity contribution in [2.24, 2.45) is 5.41 Å². The summed E-state index contributed by atoms with van der Waals surface area (Å²) in [5.74, 6) is 0.172. The molecule has 8 heteroatoms. The normalized spacial score (nSPS) is 11.8. The number of hydrogen-bond acceptors (Lipinski definition) is 6. The molecular weight excluding hydrogens is 407 g/mol. The van der Waals surface area contributed by atoms with Crippen LogP contribution in [0.1, 0.15) is 19.4 Å². The van der Waals surface area contributed by atoms with Gasteiger partial charge in [0.15, 0.2) is 0 Å². The molecule has 1 aromatic carbocycles. The van der Waals surface area contributed by atoms with E-state index < -0.39 is 0 Å². The summed E-state index contributed by atoms with van der Waals surface area (Å²) in [4.78, 5) is 13.9. The Labute approximate surface area is 186 Å². The van der Waals surface area contributed by atoms with Crippen molar-refractivity contribution < 1.29 is 9.50 Å². The molecule has 0 saturated carbocycles. The van der Waals surface area contributed by atoms with Gasteiger partial charge in [-0.15, -0.1) is 0 Å². The predicted molar refractivity (Wildman–Crippen MR) is 124 cm³/mol. The number of nitrogens with one attached hydrogen (secondary N) is 2. The number of hydrogen-bond donors (Lipinski definition) is 3. The number of imidazole rings is 1. The summed E-state index contributed by atoms with van der Waals surface area (Å²) in [5, 5.41) is 15.9. The van der Waals surface area contributed by atoms with Gasteiger partial charge in [0, 0.05) is 43.1 Å². The monoisotopic (exact) mass is 434 g/mol. The molecule has 0 bridgehead atoms. The molecule has 4 aromatic rings. The number of fused-ring (bicyclic) bond motifs is 1. The van der Waals surface area contributed by atoms with Crippen molar-refractivity contribution in [3.63, 3.8) is 0 Å². The summed E-state index contributed by atoms with van der Waals surface area (Å²) in [6.45, 7) is 5.23. The SMILES string of the molecule is CNCc1ccn2c(-c3ccnc(NCC(C)(C)CO)n3)c(-c3ccc(F)cc3)nc2c1. The van der Waals surface area contributed by atoms with Crippen molar-refractivity contribution >= 4 is 11.6 Å². The van der Waals surface area contributed by atoms with E-state index in [0.29, 0.717) is 23.9 Å². The maximum absolute atomic E-state index is 13.6. The van der Waals surface area contributed by atoms with Crippen LogP contribution < -0.4 is 10.6 Å². The fourth-order valence-corrected chi connectivity index (χ4v) is 3.40. The highest BCUT2D eigenvalue weighted by Crippen LogP contribution is 2.32. The molecule has 0 saturated heterocycles. The molecule has 0 aliphatic heterocycles. The van der Waals surface area contributed by atoms with Gasteiger partial charge in [0.2, 0.25) is 5.95 Å². The highest BCUT2D eigenvalue weighted by molar-refractivity contribution is 5.80. The van der Waals surface area contributed by atoms with Gasteiger partial charge in [0.25, 0.3) is 0 Å². The fourth-order valence-electron chi connectivity index (χ4n) is 3.40. The van der Waals surface area contributed by atoms with Crippen molar-refractivity contribution in [2.75, 3.05) is 25.5 Å². The first kappa shape index (κ1) is 21.9. The maximum Gasteiger partial charge on any atom is 0.223 e. The average molecular weight is 435 g/mol. The van der Waals surface area contributed by atoms with E-state index in [1.807, 2.05) is 49.7 Å². The zero-order valence-electron chi connectivity index (χ0n) is 18.4. The van der Waals surface area contributed by atoms with Crippen LogP contribution in [0.3, 0.4) is 0 Å². The Balaban J connectivity index is 1.82. The number of aliphatic hydroxyl groups is 1. The van der Waals surface area contributed by atoms with Crippen molar-refractivity contribution in [3.8, 4) is 22.6 Å². The Hall–Kier alpha value is -3.36. The number of benzene rings is 1. The summed E-state index contributed by atoms with van der Waals surface area (Å²) in [6.07, 6.45) is 3.67. The molecule has 0 amide bonds. The molecule has 3 heterocycles. The van der Waals surface area contributed by atoms with Crippen LogP contribution in [0.4, 0.5) is 10.3 Å². The largest absolute Gasteiger partial charge is 0.396 e. The van der Waals surface area contributed by atoms with Crippen molar-refractivity contribution in [1.82, 2.24) is 24.7 Å². The molecule has 166 valence electrons. The molecule has 0 unspecified atom stereocenters. The zero-order chi connectivity index (χ0) is 22.7. The first-order valence-electron chi connectivity index (χ1n) is 10.5. The van der Waals surface area contributed by atoms with Crippen LogP contribution in [0, 0.1) is 11.2 Å². The van der Waals surface area contributed by atoms with Crippen molar-refractivity contribution in [1.29, 1.82) is 0 Å². The molecule has 0 fully saturated rings. The van der Waals surface area contributed by atoms with Gasteiger partial charge in [0.05, 0.1) is 17.1 Å². The summed E-state index contributed by atoms with van der Waals surface area (Å²) in [5.41, 5.74) is 4.60. The van der Waals surface area contributed by atoms with E-state index in [4.69, 9.17) is 9.97 Å². The number of rotatable bonds is 8. The number of aromatic nitrogens is 4. The molecule has 0 aliphatic carbocycles. The first-order chi connectivity index (χ1) is 15.4. The Morgan fingerprint density at radius 1 is 1.09 bits per heavy atom. The van der Waals surface area contributed by atoms with Crippen LogP contribution in [0.5, 0.6) is 0 Å². The number of nitrogens with zero attached hydrogens (tertiary/aromatic N) is 4. The Morgan fingerprint density at radius 3 is 2.59 bits per heavy atom. The van der Waals surface area contributed by atoms with Crippen LogP contribution >= 0.6 is 0 Å². The van der Waals surface area contributed by atoms with Gasteiger partial charge in [-0.2, -0.15) is 0 Å². The third-order valence-corrected chi connectivity index (χ3v) is 5.24. The Kier molecular flexibility index (Phi) is 6.16. The smallest absolute Gasteiger partial charge is 0.223 e. The Bertz CT molecular complexity index is 1220. The molecule has 0 spiro atoms. The standard InChI is InChI=1S/C24H27FN6O/c1-24(2,15-32)14-28-23-27-10-8-19(29-23)22-21(17-4-6-18(25)7-5-17)30-20-12-16(13-26-3)9-11-31(20)22/h4-12,26,32H,13-15H2,1-3H3,(H,27,28,29). The maximum atomic E-state index is 13.6. The zero-order valence-corrected chi connectivity index (χ0v) is 18.4. The quantitative estimate of drug-likeness (QED) is 0.392. The van der Waals surface area contributed by atoms with Crippen molar-refractivity contribution in [2.45, 2.75) is 20.4 Å². The van der Waals surface area contributed by atoms with Gasteiger partial charge in [-0.1, -0.05) is 13.8 Å². The van der Waals surface area contributed by atoms with E-state index in [1.165, 1.54) is 12.1 Å². The fraction of sp³-hybridized carbons (Fsp3) is 0.292. The van der Waals surface area contributed by atoms with Gasteiger partial charge >= 0.3 is 0 Å². The second kappa shape index (κ2) is 9.02. The lowest BCUT2D eigenvalue weighted by molar-refractivity contribution is 0.170. The van der Waals surface area contributed by atoms with E-state index in [1.54, 1.807) is 18.3 Å². The highest BCUT2D eigenvalue weighted by atomic mass is 19.1. The van der Waals surface area contributed by atoms with Gasteiger partial charge < -0.3 is 15.7 Å². The molecule has 3 aromatic heterocycles. The number of halogens is 1. The van der Waals surface area contributed by atoms with Crippen LogP contribution in [-0.4, -0.2) is 44.7 Å². The molecular formula is C24H27FN6O. The molecule has 7 nitrogen and oxygen atoms in total. The minimum absolute atomic E-state index is 0.0522. The molecule has 0 atom stereocenters. The second-order valence-corrected chi connectivity index (χ2v) is 8.55. The third kappa shape index (κ3) is 4.61. The van der Waals surface area contributed by atoms with Crippen LogP contribution in [-0.2, 0) is 6.54 Å². The number of pyridine rings is 1. The predicted octanol–water partition coefficient (Wildman–Crippen LogP) is 3.75. The van der Waals surface area contributed by atoms with Crippen LogP contribution in [0.15, 0.2) is 54.9 Å². The average Bonchev–Trinajstić information content (AvgIpc) is 3.17. The number of aliphatic hydroxyl groups excluding tert-OH is 1. The minimum Gasteiger partial charge on any atom is -0.396 e. The third-order valence-electron chi connectivity index (χ3n) is 5.24. The van der Waals surface area contributed by atoms with Gasteiger partial charge in [0.1, 0.15) is 11.5 Å². The molecule has 0 radical (unpaired) electrons. The van der Waals surface area contributed by atoms with Crippen molar-refractivity contribution in [3.05, 3.63) is 66.2 Å². The lowest BCUT2D eigenvalue weighted by atomic mass is 9.95. The van der Waals surface area contributed by atoms with E-state index >= 15 is 0 Å². The first-order valence-corrected chi connectivity index (χ1v) is 10.5. The van der Waals surface area contributed by atoms with Gasteiger partial charge in [-0.05, 0) is 55.1 Å². The molecule has 3 N–H and O–H groups in total. The topological polar surface area (TPSA) is 87.4 Å². The minimum atomic E-state index is -0.300. The van der Waals surface area contributed by atoms with Gasteiger partial charge in [-0.3, -0.25) is 4.40 Å². The lowest BCUT2D eigenvalue weighted by Crippen LogP contribution is -2.27. The highest BCUT2D eigenvalue weighted by Gasteiger charge is 2.20. The molecule has 0 aliphatic rings. The van der Waals surface area contributed by atoms with Gasteiger partial charge in [-0.25, -0.2) is 19.3 Å². The summed E-state index contributed by atoms with van der Waals surface area (Å²) < 4.78 is 15.5. The van der Waals surface area contributed by atoms with Crippen LogP contribution in [0.2, 0.25) is 0 Å². The summed E-state index contributed by atoms with van der Waals surface area (Å²) in [7, 11) is 1.90. The molecule has 4 rings (SSSR count). The van der Waals surface area contributed by atoms with E-state index in [0.717, 1.165) is 29.0 Å². The van der Waals surface area contributed by atoms with E-state index in [2.05, 4.69) is 15.6 Å². The molecule has 32 heavy (non-hydrogen) atoms.